The van der Waals surface area contributed by atoms with Crippen LogP contribution in [0.3, 0.4) is 0 Å². The Morgan fingerprint density at radius 3 is 1.88 bits per heavy atom. The molecule has 0 amide bonds. The quantitative estimate of drug-likeness (QED) is 0.846. The van der Waals surface area contributed by atoms with Crippen molar-refractivity contribution in [3.8, 4) is 11.5 Å². The van der Waals surface area contributed by atoms with E-state index < -0.39 is 0 Å². The first kappa shape index (κ1) is 11.9. The van der Waals surface area contributed by atoms with Crippen molar-refractivity contribution in [2.45, 2.75) is 13.3 Å². The lowest BCUT2D eigenvalue weighted by atomic mass is 10.1. The summed E-state index contributed by atoms with van der Waals surface area (Å²) in [5.74, 6) is 2.17. The fourth-order valence-electron chi connectivity index (χ4n) is 2.04. The van der Waals surface area contributed by atoms with Crippen LogP contribution in [0.2, 0.25) is 0 Å². The van der Waals surface area contributed by atoms with Gasteiger partial charge in [0.15, 0.2) is 11.5 Å². The van der Waals surface area contributed by atoms with Crippen molar-refractivity contribution in [3.63, 3.8) is 0 Å². The van der Waals surface area contributed by atoms with Crippen LogP contribution >= 0.6 is 0 Å². The number of hydrogen-bond acceptors (Lipinski definition) is 4. The number of benzene rings is 1. The summed E-state index contributed by atoms with van der Waals surface area (Å²) in [6.45, 7) is 4.20. The zero-order valence-corrected chi connectivity index (χ0v) is 10.7. The maximum Gasteiger partial charge on any atom is 0.162 e. The van der Waals surface area contributed by atoms with E-state index in [1.54, 1.807) is 14.2 Å². The number of methoxy groups -OCH3 is 2. The van der Waals surface area contributed by atoms with Gasteiger partial charge in [-0.05, 0) is 12.3 Å². The van der Waals surface area contributed by atoms with Gasteiger partial charge in [0, 0.05) is 25.2 Å². The van der Waals surface area contributed by atoms with Crippen LogP contribution in [0.15, 0.2) is 12.1 Å². The first-order valence-electron chi connectivity index (χ1n) is 6.02. The van der Waals surface area contributed by atoms with E-state index >= 15 is 0 Å². The topological polar surface area (TPSA) is 42.5 Å². The van der Waals surface area contributed by atoms with Gasteiger partial charge in [-0.2, -0.15) is 0 Å². The number of ether oxygens (including phenoxy) is 2. The van der Waals surface area contributed by atoms with Gasteiger partial charge in [-0.3, -0.25) is 0 Å². The SMILES string of the molecule is CCC1CNc2cc(OC)c(OC)cc2NC1. The Morgan fingerprint density at radius 1 is 1.06 bits per heavy atom. The normalized spacial score (nSPS) is 15.2. The van der Waals surface area contributed by atoms with Gasteiger partial charge in [-0.1, -0.05) is 6.92 Å². The fourth-order valence-corrected chi connectivity index (χ4v) is 2.04. The number of hydrogen-bond donors (Lipinski definition) is 2. The van der Waals surface area contributed by atoms with Gasteiger partial charge in [0.2, 0.25) is 0 Å². The van der Waals surface area contributed by atoms with Crippen LogP contribution in [0.1, 0.15) is 13.3 Å². The van der Waals surface area contributed by atoms with E-state index in [2.05, 4.69) is 17.6 Å². The van der Waals surface area contributed by atoms with E-state index in [-0.39, 0.29) is 0 Å². The predicted octanol–water partition coefficient (Wildman–Crippen LogP) is 2.57. The highest BCUT2D eigenvalue weighted by Gasteiger charge is 2.16. The first-order chi connectivity index (χ1) is 8.28. The molecule has 1 aliphatic rings. The second-order valence-electron chi connectivity index (χ2n) is 4.29. The maximum atomic E-state index is 5.30. The lowest BCUT2D eigenvalue weighted by molar-refractivity contribution is 0.355. The molecule has 0 saturated carbocycles. The van der Waals surface area contributed by atoms with Crippen LogP contribution in [0.5, 0.6) is 11.5 Å². The second kappa shape index (κ2) is 5.17. The summed E-state index contributed by atoms with van der Waals surface area (Å²) in [5, 5.41) is 6.91. The molecule has 94 valence electrons. The van der Waals surface area contributed by atoms with Crippen molar-refractivity contribution in [2.75, 3.05) is 37.9 Å². The van der Waals surface area contributed by atoms with Crippen molar-refractivity contribution in [2.24, 2.45) is 5.92 Å². The number of nitrogens with one attached hydrogen (secondary N) is 2. The zero-order chi connectivity index (χ0) is 12.3. The molecule has 2 N–H and O–H groups in total. The van der Waals surface area contributed by atoms with Gasteiger partial charge in [0.1, 0.15) is 0 Å². The number of fused-ring (bicyclic) bond motifs is 1. The van der Waals surface area contributed by atoms with E-state index in [1.165, 1.54) is 6.42 Å². The Hall–Kier alpha value is -1.58. The Balaban J connectivity index is 2.30. The molecule has 17 heavy (non-hydrogen) atoms. The summed E-state index contributed by atoms with van der Waals surface area (Å²) in [6.07, 6.45) is 1.17. The zero-order valence-electron chi connectivity index (χ0n) is 10.7. The third-order valence-corrected chi connectivity index (χ3v) is 3.26. The maximum absolute atomic E-state index is 5.30. The van der Waals surface area contributed by atoms with Crippen LogP contribution in [0, 0.1) is 5.92 Å². The minimum absolute atomic E-state index is 0.652. The average Bonchev–Trinajstić information content (AvgIpc) is 2.58. The van der Waals surface area contributed by atoms with Gasteiger partial charge < -0.3 is 20.1 Å². The molecule has 0 atom stereocenters. The molecular formula is C13H20N2O2. The molecule has 2 rings (SSSR count). The largest absolute Gasteiger partial charge is 0.493 e. The van der Waals surface area contributed by atoms with Gasteiger partial charge in [-0.25, -0.2) is 0 Å². The molecule has 4 nitrogen and oxygen atoms in total. The van der Waals surface area contributed by atoms with Crippen LogP contribution in [-0.2, 0) is 0 Å². The number of rotatable bonds is 3. The lowest BCUT2D eigenvalue weighted by Crippen LogP contribution is -2.17. The van der Waals surface area contributed by atoms with Gasteiger partial charge in [0.25, 0.3) is 0 Å². The standard InChI is InChI=1S/C13H20N2O2/c1-4-9-7-14-10-5-12(16-2)13(17-3)6-11(10)15-8-9/h5-6,9,14-15H,4,7-8H2,1-3H3. The summed E-state index contributed by atoms with van der Waals surface area (Å²) in [7, 11) is 3.31. The Kier molecular flexibility index (Phi) is 3.61. The molecule has 0 saturated heterocycles. The summed E-state index contributed by atoms with van der Waals surface area (Å²) in [5.41, 5.74) is 2.16. The lowest BCUT2D eigenvalue weighted by Gasteiger charge is -2.13. The average molecular weight is 236 g/mol. The van der Waals surface area contributed by atoms with Crippen molar-refractivity contribution >= 4 is 11.4 Å². The molecule has 0 unspecified atom stereocenters. The second-order valence-corrected chi connectivity index (χ2v) is 4.29. The third kappa shape index (κ3) is 2.40. The monoisotopic (exact) mass is 236 g/mol. The Labute approximate surface area is 102 Å². The molecule has 1 aromatic rings. The summed E-state index contributed by atoms with van der Waals surface area (Å²) in [4.78, 5) is 0. The molecule has 0 bridgehead atoms. The molecule has 0 radical (unpaired) electrons. The minimum Gasteiger partial charge on any atom is -0.493 e. The molecule has 0 aromatic heterocycles. The highest BCUT2D eigenvalue weighted by atomic mass is 16.5. The van der Waals surface area contributed by atoms with E-state index in [4.69, 9.17) is 9.47 Å². The third-order valence-electron chi connectivity index (χ3n) is 3.26. The minimum atomic E-state index is 0.652. The highest BCUT2D eigenvalue weighted by molar-refractivity contribution is 5.74. The highest BCUT2D eigenvalue weighted by Crippen LogP contribution is 2.37. The Bertz CT molecular complexity index is 358. The van der Waals surface area contributed by atoms with Crippen molar-refractivity contribution in [1.29, 1.82) is 0 Å². The molecule has 0 spiro atoms. The molecule has 1 aromatic carbocycles. The molecule has 1 aliphatic heterocycles. The van der Waals surface area contributed by atoms with E-state index in [9.17, 15) is 0 Å². The first-order valence-corrected chi connectivity index (χ1v) is 6.02. The predicted molar refractivity (Wildman–Crippen MR) is 70.3 cm³/mol. The van der Waals surface area contributed by atoms with E-state index in [0.717, 1.165) is 36.0 Å². The molecule has 0 fully saturated rings. The van der Waals surface area contributed by atoms with Gasteiger partial charge in [0.05, 0.1) is 25.6 Å². The van der Waals surface area contributed by atoms with E-state index in [0.29, 0.717) is 5.92 Å². The summed E-state index contributed by atoms with van der Waals surface area (Å²) < 4.78 is 10.6. The van der Waals surface area contributed by atoms with Crippen LogP contribution in [-0.4, -0.2) is 27.3 Å². The molecular weight excluding hydrogens is 216 g/mol. The van der Waals surface area contributed by atoms with Crippen LogP contribution < -0.4 is 20.1 Å². The van der Waals surface area contributed by atoms with Gasteiger partial charge in [-0.15, -0.1) is 0 Å². The molecule has 1 heterocycles. The van der Waals surface area contributed by atoms with Crippen molar-refractivity contribution in [3.05, 3.63) is 12.1 Å². The van der Waals surface area contributed by atoms with E-state index in [1.807, 2.05) is 12.1 Å². The van der Waals surface area contributed by atoms with Crippen LogP contribution in [0.4, 0.5) is 11.4 Å². The van der Waals surface area contributed by atoms with Crippen molar-refractivity contribution in [1.82, 2.24) is 0 Å². The smallest absolute Gasteiger partial charge is 0.162 e. The van der Waals surface area contributed by atoms with Crippen molar-refractivity contribution < 1.29 is 9.47 Å². The fraction of sp³-hybridized carbons (Fsp3) is 0.538. The van der Waals surface area contributed by atoms with Crippen LogP contribution in [0.25, 0.3) is 0 Å². The van der Waals surface area contributed by atoms with Gasteiger partial charge >= 0.3 is 0 Å². The summed E-state index contributed by atoms with van der Waals surface area (Å²) in [6, 6.07) is 3.97. The summed E-state index contributed by atoms with van der Waals surface area (Å²) >= 11 is 0. The molecule has 0 aliphatic carbocycles. The Morgan fingerprint density at radius 2 is 1.53 bits per heavy atom. The number of anilines is 2. The molecule has 4 heteroatoms.